The minimum Gasteiger partial charge on any atom is -0.494 e. The molecule has 3 aromatic rings. The molecule has 0 aromatic heterocycles. The zero-order valence-corrected chi connectivity index (χ0v) is 20.4. The fraction of sp³-hybridized carbons (Fsp3) is 0.222. The number of nitrogens with one attached hydrogen (secondary N) is 3. The summed E-state index contributed by atoms with van der Waals surface area (Å²) in [6.07, 6.45) is 0.937. The third-order valence-corrected chi connectivity index (χ3v) is 5.15. The van der Waals surface area contributed by atoms with E-state index in [0.29, 0.717) is 35.1 Å². The van der Waals surface area contributed by atoms with Gasteiger partial charge in [0.25, 0.3) is 11.8 Å². The molecule has 0 radical (unpaired) electrons. The van der Waals surface area contributed by atoms with Crippen molar-refractivity contribution in [3.8, 4) is 5.75 Å². The van der Waals surface area contributed by atoms with Crippen molar-refractivity contribution in [3.05, 3.63) is 89.5 Å². The van der Waals surface area contributed by atoms with Gasteiger partial charge in [0.1, 0.15) is 5.75 Å². The first-order chi connectivity index (χ1) is 16.3. The molecule has 7 heteroatoms. The number of amides is 2. The fourth-order valence-electron chi connectivity index (χ4n) is 3.14. The maximum atomic E-state index is 12.6. The van der Waals surface area contributed by atoms with Gasteiger partial charge in [-0.05, 0) is 85.6 Å². The van der Waals surface area contributed by atoms with Crippen molar-refractivity contribution in [1.29, 1.82) is 0 Å². The average molecular weight is 476 g/mol. The van der Waals surface area contributed by atoms with Gasteiger partial charge in [0.15, 0.2) is 5.11 Å². The smallest absolute Gasteiger partial charge is 0.257 e. The molecule has 3 aromatic carbocycles. The molecule has 6 nitrogen and oxygen atoms in total. The van der Waals surface area contributed by atoms with E-state index in [1.165, 1.54) is 0 Å². The summed E-state index contributed by atoms with van der Waals surface area (Å²) >= 11 is 5.30. The van der Waals surface area contributed by atoms with E-state index in [2.05, 4.69) is 29.8 Å². The third-order valence-electron chi connectivity index (χ3n) is 4.95. The number of benzene rings is 3. The second-order valence-electron chi connectivity index (χ2n) is 8.37. The molecule has 3 N–H and O–H groups in total. The molecular formula is C27H29N3O3S. The van der Waals surface area contributed by atoms with E-state index in [-0.39, 0.29) is 16.9 Å². The van der Waals surface area contributed by atoms with Crippen molar-refractivity contribution in [2.45, 2.75) is 27.2 Å². The van der Waals surface area contributed by atoms with Gasteiger partial charge in [-0.25, -0.2) is 0 Å². The molecule has 2 amide bonds. The van der Waals surface area contributed by atoms with Crippen LogP contribution < -0.4 is 20.7 Å². The Morgan fingerprint density at radius 1 is 0.853 bits per heavy atom. The van der Waals surface area contributed by atoms with Gasteiger partial charge in [-0.2, -0.15) is 0 Å². The number of aryl methyl sites for hydroxylation is 1. The lowest BCUT2D eigenvalue weighted by molar-refractivity contribution is 0.0975. The summed E-state index contributed by atoms with van der Waals surface area (Å²) in [5, 5.41) is 8.64. The molecule has 0 unspecified atom stereocenters. The molecular weight excluding hydrogens is 446 g/mol. The topological polar surface area (TPSA) is 79.5 Å². The van der Waals surface area contributed by atoms with Gasteiger partial charge in [-0.3, -0.25) is 14.9 Å². The van der Waals surface area contributed by atoms with Gasteiger partial charge in [0, 0.05) is 22.5 Å². The third kappa shape index (κ3) is 7.71. The molecule has 0 aliphatic carbocycles. The Hall–Kier alpha value is -3.71. The van der Waals surface area contributed by atoms with Crippen molar-refractivity contribution < 1.29 is 14.3 Å². The summed E-state index contributed by atoms with van der Waals surface area (Å²) in [6.45, 7) is 6.82. The fourth-order valence-corrected chi connectivity index (χ4v) is 3.35. The van der Waals surface area contributed by atoms with Crippen molar-refractivity contribution in [2.24, 2.45) is 5.92 Å². The molecule has 176 valence electrons. The van der Waals surface area contributed by atoms with Gasteiger partial charge in [-0.15, -0.1) is 0 Å². The summed E-state index contributed by atoms with van der Waals surface area (Å²) in [5.74, 6) is 0.597. The van der Waals surface area contributed by atoms with E-state index in [9.17, 15) is 9.59 Å². The normalized spacial score (nSPS) is 10.5. The van der Waals surface area contributed by atoms with Crippen LogP contribution in [0.25, 0.3) is 0 Å². The lowest BCUT2D eigenvalue weighted by Crippen LogP contribution is -2.34. The van der Waals surface area contributed by atoms with E-state index < -0.39 is 0 Å². The summed E-state index contributed by atoms with van der Waals surface area (Å²) in [4.78, 5) is 25.2. The number of rotatable bonds is 8. The maximum absolute atomic E-state index is 12.6. The standard InChI is InChI=1S/C27H29N3O3S/c1-18(2)13-14-33-24-12-6-9-21(17-24)26(32)30-27(34)29-23-11-5-8-20(16-23)25(31)28-22-10-4-7-19(3)15-22/h4-12,15-18H,13-14H2,1-3H3,(H,28,31)(H2,29,30,32,34). The highest BCUT2D eigenvalue weighted by atomic mass is 32.1. The van der Waals surface area contributed by atoms with Crippen molar-refractivity contribution >= 4 is 40.5 Å². The number of carbonyl (C=O) groups is 2. The van der Waals surface area contributed by atoms with Crippen LogP contribution in [0, 0.1) is 12.8 Å². The van der Waals surface area contributed by atoms with Crippen molar-refractivity contribution in [1.82, 2.24) is 5.32 Å². The highest BCUT2D eigenvalue weighted by Crippen LogP contribution is 2.16. The maximum Gasteiger partial charge on any atom is 0.257 e. The van der Waals surface area contributed by atoms with Crippen LogP contribution in [0.2, 0.25) is 0 Å². The Kier molecular flexibility index (Phi) is 8.76. The van der Waals surface area contributed by atoms with Crippen LogP contribution >= 0.6 is 12.2 Å². The van der Waals surface area contributed by atoms with Gasteiger partial charge in [0.2, 0.25) is 0 Å². The first-order valence-corrected chi connectivity index (χ1v) is 11.5. The SMILES string of the molecule is Cc1cccc(NC(=O)c2cccc(NC(=S)NC(=O)c3cccc(OCCC(C)C)c3)c2)c1. The molecule has 0 saturated heterocycles. The Morgan fingerprint density at radius 2 is 1.50 bits per heavy atom. The minimum atomic E-state index is -0.347. The second kappa shape index (κ2) is 12.0. The van der Waals surface area contributed by atoms with Gasteiger partial charge < -0.3 is 15.4 Å². The van der Waals surface area contributed by atoms with Crippen LogP contribution in [0.3, 0.4) is 0 Å². The number of hydrogen-bond acceptors (Lipinski definition) is 4. The predicted octanol–water partition coefficient (Wildman–Crippen LogP) is 5.80. The average Bonchev–Trinajstić information content (AvgIpc) is 2.79. The highest BCUT2D eigenvalue weighted by Gasteiger charge is 2.11. The van der Waals surface area contributed by atoms with E-state index in [0.717, 1.165) is 17.7 Å². The predicted molar refractivity (Wildman–Crippen MR) is 141 cm³/mol. The van der Waals surface area contributed by atoms with Crippen molar-refractivity contribution in [3.63, 3.8) is 0 Å². The van der Waals surface area contributed by atoms with Crippen LogP contribution in [-0.2, 0) is 0 Å². The van der Waals surface area contributed by atoms with Crippen LogP contribution in [0.15, 0.2) is 72.8 Å². The van der Waals surface area contributed by atoms with E-state index >= 15 is 0 Å². The molecule has 0 aliphatic rings. The molecule has 0 aliphatic heterocycles. The van der Waals surface area contributed by atoms with Crippen LogP contribution in [-0.4, -0.2) is 23.5 Å². The Bertz CT molecular complexity index is 1180. The monoisotopic (exact) mass is 475 g/mol. The Morgan fingerprint density at radius 3 is 2.21 bits per heavy atom. The molecule has 34 heavy (non-hydrogen) atoms. The Balaban J connectivity index is 1.57. The van der Waals surface area contributed by atoms with Crippen molar-refractivity contribution in [2.75, 3.05) is 17.2 Å². The van der Waals surface area contributed by atoms with E-state index in [1.807, 2.05) is 37.3 Å². The first-order valence-electron chi connectivity index (χ1n) is 11.1. The van der Waals surface area contributed by atoms with E-state index in [1.54, 1.807) is 42.5 Å². The largest absolute Gasteiger partial charge is 0.494 e. The number of ether oxygens (including phenoxy) is 1. The van der Waals surface area contributed by atoms with Crippen LogP contribution in [0.1, 0.15) is 46.5 Å². The van der Waals surface area contributed by atoms with Gasteiger partial charge >= 0.3 is 0 Å². The summed E-state index contributed by atoms with van der Waals surface area (Å²) in [6, 6.07) is 21.5. The van der Waals surface area contributed by atoms with Gasteiger partial charge in [0.05, 0.1) is 6.61 Å². The van der Waals surface area contributed by atoms with Gasteiger partial charge in [-0.1, -0.05) is 38.1 Å². The molecule has 0 bridgehead atoms. The highest BCUT2D eigenvalue weighted by molar-refractivity contribution is 7.80. The molecule has 0 spiro atoms. The van der Waals surface area contributed by atoms with E-state index in [4.69, 9.17) is 17.0 Å². The summed E-state index contributed by atoms with van der Waals surface area (Å²) < 4.78 is 5.73. The van der Waals surface area contributed by atoms with Crippen LogP contribution in [0.5, 0.6) is 5.75 Å². The van der Waals surface area contributed by atoms with Crippen LogP contribution in [0.4, 0.5) is 11.4 Å². The summed E-state index contributed by atoms with van der Waals surface area (Å²) in [5.41, 5.74) is 3.28. The number of thiocarbonyl (C=S) groups is 1. The first kappa shape index (κ1) is 24.9. The number of hydrogen-bond donors (Lipinski definition) is 3. The molecule has 0 fully saturated rings. The minimum absolute atomic E-state index is 0.132. The lowest BCUT2D eigenvalue weighted by atomic mass is 10.1. The summed E-state index contributed by atoms with van der Waals surface area (Å²) in [7, 11) is 0. The number of anilines is 2. The zero-order valence-electron chi connectivity index (χ0n) is 19.6. The lowest BCUT2D eigenvalue weighted by Gasteiger charge is -2.12. The second-order valence-corrected chi connectivity index (χ2v) is 8.78. The molecule has 3 rings (SSSR count). The number of carbonyl (C=O) groups excluding carboxylic acids is 2. The molecule has 0 saturated carbocycles. The zero-order chi connectivity index (χ0) is 24.5. The molecule has 0 atom stereocenters. The quantitative estimate of drug-likeness (QED) is 0.359. The molecule has 0 heterocycles. The Labute approximate surface area is 205 Å².